The van der Waals surface area contributed by atoms with Gasteiger partial charge in [0.15, 0.2) is 0 Å². The lowest BCUT2D eigenvalue weighted by Crippen LogP contribution is -2.36. The molecule has 0 saturated carbocycles. The number of benzene rings is 1. The first-order chi connectivity index (χ1) is 9.72. The number of rotatable bonds is 3. The van der Waals surface area contributed by atoms with Crippen LogP contribution in [0.1, 0.15) is 34.3 Å². The van der Waals surface area contributed by atoms with Crippen molar-refractivity contribution in [3.8, 4) is 0 Å². The summed E-state index contributed by atoms with van der Waals surface area (Å²) in [5.74, 6) is 0. The molecule has 0 aliphatic heterocycles. The first kappa shape index (κ1) is 13.1. The summed E-state index contributed by atoms with van der Waals surface area (Å²) in [6, 6.07) is 8.30. The van der Waals surface area contributed by atoms with E-state index in [1.807, 2.05) is 24.4 Å². The van der Waals surface area contributed by atoms with Gasteiger partial charge in [-0.15, -0.1) is 11.3 Å². The standard InChI is InChI=1S/C15H17N3OS/c1-10-9-20-14(17-10)8-16-15(19)18-13-7-6-11-4-2-3-5-12(11)13/h2-5,9,13H,6-8H2,1H3,(H2,16,18,19). The molecule has 1 atom stereocenters. The molecule has 20 heavy (non-hydrogen) atoms. The second-order valence-electron chi connectivity index (χ2n) is 5.00. The molecular formula is C15H17N3OS. The zero-order valence-electron chi connectivity index (χ0n) is 11.3. The molecule has 1 heterocycles. The van der Waals surface area contributed by atoms with Crippen molar-refractivity contribution < 1.29 is 4.79 Å². The van der Waals surface area contributed by atoms with Gasteiger partial charge in [0.05, 0.1) is 12.6 Å². The van der Waals surface area contributed by atoms with Gasteiger partial charge in [-0.3, -0.25) is 0 Å². The summed E-state index contributed by atoms with van der Waals surface area (Å²) in [6.45, 7) is 2.44. The van der Waals surface area contributed by atoms with Gasteiger partial charge in [0.25, 0.3) is 0 Å². The first-order valence-electron chi connectivity index (χ1n) is 6.75. The molecule has 0 bridgehead atoms. The van der Waals surface area contributed by atoms with Crippen LogP contribution in [0.3, 0.4) is 0 Å². The zero-order valence-corrected chi connectivity index (χ0v) is 12.2. The quantitative estimate of drug-likeness (QED) is 0.912. The number of hydrogen-bond acceptors (Lipinski definition) is 3. The lowest BCUT2D eigenvalue weighted by Gasteiger charge is -2.14. The van der Waals surface area contributed by atoms with E-state index in [9.17, 15) is 4.79 Å². The molecule has 4 nitrogen and oxygen atoms in total. The third-order valence-electron chi connectivity index (χ3n) is 3.50. The Bertz CT molecular complexity index is 623. The largest absolute Gasteiger partial charge is 0.332 e. The maximum absolute atomic E-state index is 11.9. The minimum absolute atomic E-state index is 0.125. The summed E-state index contributed by atoms with van der Waals surface area (Å²) in [4.78, 5) is 16.3. The second kappa shape index (κ2) is 5.63. The summed E-state index contributed by atoms with van der Waals surface area (Å²) < 4.78 is 0. The molecule has 1 unspecified atom stereocenters. The van der Waals surface area contributed by atoms with Gasteiger partial charge >= 0.3 is 6.03 Å². The SMILES string of the molecule is Cc1csc(CNC(=O)NC2CCc3ccccc32)n1. The maximum atomic E-state index is 11.9. The van der Waals surface area contributed by atoms with E-state index in [2.05, 4.69) is 27.8 Å². The van der Waals surface area contributed by atoms with Crippen LogP contribution in [0.15, 0.2) is 29.6 Å². The molecule has 5 heteroatoms. The van der Waals surface area contributed by atoms with Gasteiger partial charge in [0.2, 0.25) is 0 Å². The molecule has 0 saturated heterocycles. The molecule has 1 aliphatic carbocycles. The van der Waals surface area contributed by atoms with Crippen LogP contribution in [0.5, 0.6) is 0 Å². The van der Waals surface area contributed by atoms with E-state index in [4.69, 9.17) is 0 Å². The molecule has 104 valence electrons. The van der Waals surface area contributed by atoms with Gasteiger partial charge < -0.3 is 10.6 Å². The fraction of sp³-hybridized carbons (Fsp3) is 0.333. The van der Waals surface area contributed by atoms with E-state index in [0.717, 1.165) is 23.5 Å². The van der Waals surface area contributed by atoms with Crippen LogP contribution in [-0.2, 0) is 13.0 Å². The summed E-state index contributed by atoms with van der Waals surface area (Å²) in [5, 5.41) is 8.83. The van der Waals surface area contributed by atoms with Crippen molar-refractivity contribution in [2.24, 2.45) is 0 Å². The molecule has 0 radical (unpaired) electrons. The van der Waals surface area contributed by atoms with Crippen molar-refractivity contribution >= 4 is 17.4 Å². The van der Waals surface area contributed by atoms with Gasteiger partial charge in [-0.1, -0.05) is 24.3 Å². The van der Waals surface area contributed by atoms with Gasteiger partial charge in [0, 0.05) is 11.1 Å². The Labute approximate surface area is 122 Å². The fourth-order valence-electron chi connectivity index (χ4n) is 2.56. The van der Waals surface area contributed by atoms with E-state index in [0.29, 0.717) is 6.54 Å². The van der Waals surface area contributed by atoms with Crippen LogP contribution in [0.25, 0.3) is 0 Å². The van der Waals surface area contributed by atoms with Crippen LogP contribution < -0.4 is 10.6 Å². The fourth-order valence-corrected chi connectivity index (χ4v) is 3.27. The van der Waals surface area contributed by atoms with Crippen LogP contribution in [0, 0.1) is 6.92 Å². The highest BCUT2D eigenvalue weighted by Gasteiger charge is 2.23. The van der Waals surface area contributed by atoms with Crippen molar-refractivity contribution in [3.05, 3.63) is 51.5 Å². The van der Waals surface area contributed by atoms with Crippen molar-refractivity contribution in [1.82, 2.24) is 15.6 Å². The Morgan fingerprint density at radius 2 is 2.30 bits per heavy atom. The van der Waals surface area contributed by atoms with E-state index in [-0.39, 0.29) is 12.1 Å². The van der Waals surface area contributed by atoms with Gasteiger partial charge in [0.1, 0.15) is 5.01 Å². The van der Waals surface area contributed by atoms with Crippen molar-refractivity contribution in [3.63, 3.8) is 0 Å². The molecule has 0 fully saturated rings. The Morgan fingerprint density at radius 3 is 3.10 bits per heavy atom. The number of nitrogens with zero attached hydrogens (tertiary/aromatic N) is 1. The lowest BCUT2D eigenvalue weighted by atomic mass is 10.1. The number of urea groups is 1. The predicted octanol–water partition coefficient (Wildman–Crippen LogP) is 2.94. The average molecular weight is 287 g/mol. The predicted molar refractivity (Wildman–Crippen MR) is 79.7 cm³/mol. The van der Waals surface area contributed by atoms with Crippen molar-refractivity contribution in [2.75, 3.05) is 0 Å². The van der Waals surface area contributed by atoms with Crippen LogP contribution in [0.2, 0.25) is 0 Å². The van der Waals surface area contributed by atoms with Crippen molar-refractivity contribution in [1.29, 1.82) is 0 Å². The molecule has 2 N–H and O–H groups in total. The number of nitrogens with one attached hydrogen (secondary N) is 2. The number of thiazole rings is 1. The van der Waals surface area contributed by atoms with Gasteiger partial charge in [-0.05, 0) is 30.9 Å². The number of hydrogen-bond donors (Lipinski definition) is 2. The van der Waals surface area contributed by atoms with Crippen LogP contribution in [-0.4, -0.2) is 11.0 Å². The summed E-state index contributed by atoms with van der Waals surface area (Å²) in [5.41, 5.74) is 3.58. The number of aryl methyl sites for hydroxylation is 2. The lowest BCUT2D eigenvalue weighted by molar-refractivity contribution is 0.236. The molecule has 1 aromatic heterocycles. The van der Waals surface area contributed by atoms with Gasteiger partial charge in [-0.25, -0.2) is 9.78 Å². The second-order valence-corrected chi connectivity index (χ2v) is 5.94. The minimum atomic E-state index is -0.125. The highest BCUT2D eigenvalue weighted by Crippen LogP contribution is 2.30. The molecule has 1 aromatic carbocycles. The Morgan fingerprint density at radius 1 is 1.45 bits per heavy atom. The number of aromatic nitrogens is 1. The van der Waals surface area contributed by atoms with E-state index in [1.54, 1.807) is 11.3 Å². The molecule has 1 aliphatic rings. The normalized spacial score (nSPS) is 16.8. The molecule has 2 aromatic rings. The third kappa shape index (κ3) is 2.82. The highest BCUT2D eigenvalue weighted by molar-refractivity contribution is 7.09. The van der Waals surface area contributed by atoms with E-state index < -0.39 is 0 Å². The average Bonchev–Trinajstić information content (AvgIpc) is 3.04. The smallest absolute Gasteiger partial charge is 0.315 e. The molecular weight excluding hydrogens is 270 g/mol. The maximum Gasteiger partial charge on any atom is 0.315 e. The minimum Gasteiger partial charge on any atom is -0.332 e. The van der Waals surface area contributed by atoms with E-state index >= 15 is 0 Å². The Balaban J connectivity index is 1.55. The van der Waals surface area contributed by atoms with Gasteiger partial charge in [-0.2, -0.15) is 0 Å². The number of carbonyl (C=O) groups is 1. The van der Waals surface area contributed by atoms with Crippen LogP contribution >= 0.6 is 11.3 Å². The molecule has 0 spiro atoms. The van der Waals surface area contributed by atoms with Crippen molar-refractivity contribution in [2.45, 2.75) is 32.4 Å². The summed E-state index contributed by atoms with van der Waals surface area (Å²) in [6.07, 6.45) is 2.01. The number of carbonyl (C=O) groups excluding carboxylic acids is 1. The summed E-state index contributed by atoms with van der Waals surface area (Å²) in [7, 11) is 0. The first-order valence-corrected chi connectivity index (χ1v) is 7.63. The molecule has 2 amide bonds. The Kier molecular flexibility index (Phi) is 3.69. The Hall–Kier alpha value is -1.88. The summed E-state index contributed by atoms with van der Waals surface area (Å²) >= 11 is 1.57. The van der Waals surface area contributed by atoms with E-state index in [1.165, 1.54) is 11.1 Å². The van der Waals surface area contributed by atoms with Crippen LogP contribution in [0.4, 0.5) is 4.79 Å². The topological polar surface area (TPSA) is 54.0 Å². The third-order valence-corrected chi connectivity index (χ3v) is 4.47. The molecule has 3 rings (SSSR count). The zero-order chi connectivity index (χ0) is 13.9. The number of fused-ring (bicyclic) bond motifs is 1. The number of amides is 2. The highest BCUT2D eigenvalue weighted by atomic mass is 32.1. The monoisotopic (exact) mass is 287 g/mol.